The third kappa shape index (κ3) is 3.09. The third-order valence-electron chi connectivity index (χ3n) is 3.63. The van der Waals surface area contributed by atoms with E-state index in [9.17, 15) is 9.18 Å². The molecule has 18 heavy (non-hydrogen) atoms. The van der Waals surface area contributed by atoms with Crippen LogP contribution < -0.4 is 4.74 Å². The molecule has 0 aliphatic heterocycles. The van der Waals surface area contributed by atoms with Crippen LogP contribution in [0.5, 0.6) is 5.75 Å². The molecule has 1 aliphatic carbocycles. The molecule has 3 heteroatoms. The van der Waals surface area contributed by atoms with Gasteiger partial charge in [0.1, 0.15) is 5.78 Å². The fraction of sp³-hybridized carbons (Fsp3) is 0.533. The number of ether oxygens (including phenoxy) is 1. The minimum atomic E-state index is -0.351. The zero-order valence-corrected chi connectivity index (χ0v) is 10.7. The van der Waals surface area contributed by atoms with Gasteiger partial charge in [-0.2, -0.15) is 0 Å². The lowest BCUT2D eigenvalue weighted by Crippen LogP contribution is -2.15. The Labute approximate surface area is 107 Å². The molecule has 0 amide bonds. The van der Waals surface area contributed by atoms with Crippen LogP contribution in [0.4, 0.5) is 4.39 Å². The average Bonchev–Trinajstić information content (AvgIpc) is 2.55. The fourth-order valence-electron chi connectivity index (χ4n) is 2.57. The minimum absolute atomic E-state index is 0.0697. The van der Waals surface area contributed by atoms with Crippen molar-refractivity contribution in [3.63, 3.8) is 0 Å². The third-order valence-corrected chi connectivity index (χ3v) is 3.63. The van der Waals surface area contributed by atoms with E-state index < -0.39 is 0 Å². The van der Waals surface area contributed by atoms with E-state index in [0.717, 1.165) is 31.2 Å². The van der Waals surface area contributed by atoms with Crippen LogP contribution >= 0.6 is 0 Å². The second-order valence-electron chi connectivity index (χ2n) is 4.94. The van der Waals surface area contributed by atoms with E-state index in [2.05, 4.69) is 0 Å². The Bertz CT molecular complexity index is 429. The average molecular weight is 250 g/mol. The molecule has 1 fully saturated rings. The number of carbonyl (C=O) groups is 1. The van der Waals surface area contributed by atoms with E-state index in [-0.39, 0.29) is 17.5 Å². The minimum Gasteiger partial charge on any atom is -0.494 e. The zero-order chi connectivity index (χ0) is 13.0. The molecule has 0 bridgehead atoms. The number of ketones is 1. The van der Waals surface area contributed by atoms with Crippen LogP contribution in [0.15, 0.2) is 18.2 Å². The van der Waals surface area contributed by atoms with E-state index >= 15 is 0 Å². The van der Waals surface area contributed by atoms with Crippen LogP contribution in [0.1, 0.15) is 37.7 Å². The van der Waals surface area contributed by atoms with Gasteiger partial charge in [0.15, 0.2) is 11.6 Å². The topological polar surface area (TPSA) is 26.3 Å². The van der Waals surface area contributed by atoms with Gasteiger partial charge in [-0.25, -0.2) is 4.39 Å². The predicted molar refractivity (Wildman–Crippen MR) is 68.2 cm³/mol. The Hall–Kier alpha value is -1.38. The molecule has 1 aromatic rings. The van der Waals surface area contributed by atoms with Crippen LogP contribution in [-0.4, -0.2) is 12.9 Å². The van der Waals surface area contributed by atoms with E-state index in [0.29, 0.717) is 18.6 Å². The first-order valence-electron chi connectivity index (χ1n) is 6.56. The highest BCUT2D eigenvalue weighted by Crippen LogP contribution is 2.25. The molecule has 0 spiro atoms. The Morgan fingerprint density at radius 3 is 2.89 bits per heavy atom. The molecule has 0 N–H and O–H groups in total. The van der Waals surface area contributed by atoms with E-state index in [4.69, 9.17) is 4.74 Å². The van der Waals surface area contributed by atoms with Crippen molar-refractivity contribution in [1.82, 2.24) is 0 Å². The maximum absolute atomic E-state index is 13.6. The Balaban J connectivity index is 2.08. The highest BCUT2D eigenvalue weighted by molar-refractivity contribution is 5.81. The number of benzene rings is 1. The van der Waals surface area contributed by atoms with Gasteiger partial charge in [0, 0.05) is 12.3 Å². The quantitative estimate of drug-likeness (QED) is 0.767. The summed E-state index contributed by atoms with van der Waals surface area (Å²) in [4.78, 5) is 11.9. The van der Waals surface area contributed by atoms with E-state index in [1.807, 2.05) is 6.07 Å². The summed E-state index contributed by atoms with van der Waals surface area (Å²) in [6.45, 7) is 0. The molecule has 0 aromatic heterocycles. The molecule has 1 aromatic carbocycles. The summed E-state index contributed by atoms with van der Waals surface area (Å²) in [6, 6.07) is 4.96. The largest absolute Gasteiger partial charge is 0.494 e. The molecule has 2 rings (SSSR count). The standard InChI is InChI=1S/C15H19FO2/c1-18-15-8-7-11(10-13(15)16)9-12-5-3-2-4-6-14(12)17/h7-8,10,12H,2-6,9H2,1H3. The Kier molecular flexibility index (Phi) is 4.34. The van der Waals surface area contributed by atoms with Crippen LogP contribution in [0.2, 0.25) is 0 Å². The van der Waals surface area contributed by atoms with Gasteiger partial charge in [-0.1, -0.05) is 18.9 Å². The number of Topliss-reactive ketones (excluding diaryl/α,β-unsaturated/α-hetero) is 1. The van der Waals surface area contributed by atoms with Crippen molar-refractivity contribution in [2.45, 2.75) is 38.5 Å². The van der Waals surface area contributed by atoms with Crippen molar-refractivity contribution >= 4 is 5.78 Å². The molecule has 1 atom stereocenters. The van der Waals surface area contributed by atoms with Gasteiger partial charge in [-0.15, -0.1) is 0 Å². The summed E-state index contributed by atoms with van der Waals surface area (Å²) >= 11 is 0. The molecule has 2 nitrogen and oxygen atoms in total. The number of hydrogen-bond donors (Lipinski definition) is 0. The van der Waals surface area contributed by atoms with Crippen molar-refractivity contribution in [1.29, 1.82) is 0 Å². The second kappa shape index (κ2) is 5.98. The van der Waals surface area contributed by atoms with Crippen LogP contribution in [0.3, 0.4) is 0 Å². The van der Waals surface area contributed by atoms with Crippen molar-refractivity contribution in [3.8, 4) is 5.75 Å². The molecule has 0 radical (unpaired) electrons. The van der Waals surface area contributed by atoms with Crippen molar-refractivity contribution in [2.24, 2.45) is 5.92 Å². The number of halogens is 1. The number of methoxy groups -OCH3 is 1. The van der Waals surface area contributed by atoms with E-state index in [1.165, 1.54) is 13.2 Å². The van der Waals surface area contributed by atoms with E-state index in [1.54, 1.807) is 6.07 Å². The van der Waals surface area contributed by atoms with Crippen molar-refractivity contribution in [3.05, 3.63) is 29.6 Å². The first-order chi connectivity index (χ1) is 8.70. The molecular weight excluding hydrogens is 231 g/mol. The molecular formula is C15H19FO2. The SMILES string of the molecule is COc1ccc(CC2CCCCCC2=O)cc1F. The first-order valence-corrected chi connectivity index (χ1v) is 6.56. The van der Waals surface area contributed by atoms with Gasteiger partial charge in [0.05, 0.1) is 7.11 Å². The highest BCUT2D eigenvalue weighted by atomic mass is 19.1. The summed E-state index contributed by atoms with van der Waals surface area (Å²) in [5.74, 6) is 0.311. The lowest BCUT2D eigenvalue weighted by atomic mass is 9.91. The lowest BCUT2D eigenvalue weighted by molar-refractivity contribution is -0.122. The zero-order valence-electron chi connectivity index (χ0n) is 10.7. The van der Waals surface area contributed by atoms with Crippen molar-refractivity contribution < 1.29 is 13.9 Å². The molecule has 1 aliphatic rings. The van der Waals surface area contributed by atoms with Crippen molar-refractivity contribution in [2.75, 3.05) is 7.11 Å². The predicted octanol–water partition coefficient (Wildman–Crippen LogP) is 3.53. The second-order valence-corrected chi connectivity index (χ2v) is 4.94. The normalized spacial score (nSPS) is 20.6. The van der Waals surface area contributed by atoms with Crippen LogP contribution in [0, 0.1) is 11.7 Å². The maximum atomic E-state index is 13.6. The molecule has 0 heterocycles. The van der Waals surface area contributed by atoms with Crippen LogP contribution in [-0.2, 0) is 11.2 Å². The smallest absolute Gasteiger partial charge is 0.165 e. The fourth-order valence-corrected chi connectivity index (χ4v) is 2.57. The van der Waals surface area contributed by atoms with Gasteiger partial charge >= 0.3 is 0 Å². The lowest BCUT2D eigenvalue weighted by Gasteiger charge is -2.13. The maximum Gasteiger partial charge on any atom is 0.165 e. The van der Waals surface area contributed by atoms with Crippen LogP contribution in [0.25, 0.3) is 0 Å². The Morgan fingerprint density at radius 1 is 1.33 bits per heavy atom. The monoisotopic (exact) mass is 250 g/mol. The summed E-state index contributed by atoms with van der Waals surface area (Å²) in [6.07, 6.45) is 5.52. The van der Waals surface area contributed by atoms with Gasteiger partial charge in [-0.3, -0.25) is 4.79 Å². The summed E-state index contributed by atoms with van der Waals surface area (Å²) in [5, 5.41) is 0. The van der Waals surface area contributed by atoms with Gasteiger partial charge in [-0.05, 0) is 37.0 Å². The molecule has 1 unspecified atom stereocenters. The van der Waals surface area contributed by atoms with Gasteiger partial charge < -0.3 is 4.74 Å². The number of rotatable bonds is 3. The molecule has 0 saturated heterocycles. The highest BCUT2D eigenvalue weighted by Gasteiger charge is 2.21. The summed E-state index contributed by atoms with van der Waals surface area (Å²) in [7, 11) is 1.45. The summed E-state index contributed by atoms with van der Waals surface area (Å²) in [5.41, 5.74) is 0.883. The molecule has 98 valence electrons. The molecule has 1 saturated carbocycles. The number of hydrogen-bond acceptors (Lipinski definition) is 2. The van der Waals surface area contributed by atoms with Gasteiger partial charge in [0.25, 0.3) is 0 Å². The summed E-state index contributed by atoms with van der Waals surface area (Å²) < 4.78 is 18.5. The van der Waals surface area contributed by atoms with Gasteiger partial charge in [0.2, 0.25) is 0 Å². The Morgan fingerprint density at radius 2 is 2.17 bits per heavy atom. The first kappa shape index (κ1) is 13.1. The number of carbonyl (C=O) groups excluding carboxylic acids is 1.